The molecule has 0 unspecified atom stereocenters. The summed E-state index contributed by atoms with van der Waals surface area (Å²) >= 11 is 3.44. The summed E-state index contributed by atoms with van der Waals surface area (Å²) in [6.45, 7) is 0.985. The molecule has 1 heterocycles. The van der Waals surface area contributed by atoms with Crippen LogP contribution in [0.15, 0.2) is 51.7 Å². The lowest BCUT2D eigenvalue weighted by Gasteiger charge is -2.08. The Kier molecular flexibility index (Phi) is 4.31. The van der Waals surface area contributed by atoms with Gasteiger partial charge in [-0.3, -0.25) is 4.57 Å². The summed E-state index contributed by atoms with van der Waals surface area (Å²) in [7, 11) is 1.63. The van der Waals surface area contributed by atoms with E-state index in [4.69, 9.17) is 9.47 Å². The lowest BCUT2D eigenvalue weighted by atomic mass is 10.2. The highest BCUT2D eigenvalue weighted by Crippen LogP contribution is 2.22. The van der Waals surface area contributed by atoms with Crippen LogP contribution in [0.4, 0.5) is 0 Å². The van der Waals surface area contributed by atoms with Gasteiger partial charge in [0.25, 0.3) is 0 Å². The van der Waals surface area contributed by atoms with Gasteiger partial charge >= 0.3 is 5.69 Å². The molecule has 0 radical (unpaired) electrons. The molecule has 5 nitrogen and oxygen atoms in total. The topological polar surface area (TPSA) is 56.2 Å². The van der Waals surface area contributed by atoms with Crippen molar-refractivity contribution in [1.82, 2.24) is 9.55 Å². The number of fused-ring (bicyclic) bond motifs is 1. The number of nitrogens with zero attached hydrogens (tertiary/aromatic N) is 1. The number of aromatic nitrogens is 2. The minimum absolute atomic E-state index is 0.179. The number of methoxy groups -OCH3 is 1. The molecule has 0 aliphatic heterocycles. The molecule has 0 spiro atoms. The van der Waals surface area contributed by atoms with E-state index in [1.807, 2.05) is 42.5 Å². The number of imidazole rings is 1. The van der Waals surface area contributed by atoms with E-state index in [0.29, 0.717) is 19.0 Å². The van der Waals surface area contributed by atoms with Gasteiger partial charge in [0.15, 0.2) is 0 Å². The maximum atomic E-state index is 12.3. The summed E-state index contributed by atoms with van der Waals surface area (Å²) in [5.74, 6) is 0.700. The van der Waals surface area contributed by atoms with E-state index in [9.17, 15) is 4.79 Å². The van der Waals surface area contributed by atoms with Gasteiger partial charge in [0, 0.05) is 17.6 Å². The second kappa shape index (κ2) is 6.37. The number of ether oxygens (including phenoxy) is 2. The van der Waals surface area contributed by atoms with Gasteiger partial charge in [-0.15, -0.1) is 0 Å². The molecule has 1 aromatic heterocycles. The van der Waals surface area contributed by atoms with Crippen molar-refractivity contribution in [3.63, 3.8) is 0 Å². The first-order valence-electron chi connectivity index (χ1n) is 6.81. The van der Waals surface area contributed by atoms with E-state index in [2.05, 4.69) is 20.9 Å². The van der Waals surface area contributed by atoms with Gasteiger partial charge in [0.2, 0.25) is 0 Å². The largest absolute Gasteiger partial charge is 0.491 e. The van der Waals surface area contributed by atoms with Crippen LogP contribution in [-0.2, 0) is 4.74 Å². The molecule has 0 amide bonds. The van der Waals surface area contributed by atoms with Crippen molar-refractivity contribution >= 4 is 27.0 Å². The van der Waals surface area contributed by atoms with E-state index < -0.39 is 0 Å². The standard InChI is InChI=1S/C16H15BrN2O3/c1-21-7-8-22-13-4-2-3-12(10-13)19-15-9-11(17)5-6-14(15)18-16(19)20/h2-6,9-10H,7-8H2,1H3,(H,18,20). The normalized spacial score (nSPS) is 11.0. The van der Waals surface area contributed by atoms with Crippen LogP contribution in [0.3, 0.4) is 0 Å². The highest BCUT2D eigenvalue weighted by molar-refractivity contribution is 9.10. The molecule has 2 aromatic carbocycles. The number of hydrogen-bond donors (Lipinski definition) is 1. The van der Waals surface area contributed by atoms with Crippen molar-refractivity contribution in [3.8, 4) is 11.4 Å². The number of hydrogen-bond acceptors (Lipinski definition) is 3. The minimum Gasteiger partial charge on any atom is -0.491 e. The Bertz CT molecular complexity index is 854. The highest BCUT2D eigenvalue weighted by Gasteiger charge is 2.09. The third-order valence-corrected chi connectivity index (χ3v) is 3.77. The molecular formula is C16H15BrN2O3. The maximum absolute atomic E-state index is 12.3. The lowest BCUT2D eigenvalue weighted by Crippen LogP contribution is -2.14. The van der Waals surface area contributed by atoms with Gasteiger partial charge in [-0.25, -0.2) is 4.79 Å². The number of rotatable bonds is 5. The molecule has 0 aliphatic rings. The fourth-order valence-electron chi connectivity index (χ4n) is 2.29. The van der Waals surface area contributed by atoms with Crippen molar-refractivity contribution in [2.24, 2.45) is 0 Å². The van der Waals surface area contributed by atoms with E-state index in [-0.39, 0.29) is 5.69 Å². The molecule has 1 N–H and O–H groups in total. The average Bonchev–Trinajstić information content (AvgIpc) is 2.83. The van der Waals surface area contributed by atoms with Crippen LogP contribution in [0.1, 0.15) is 0 Å². The van der Waals surface area contributed by atoms with Crippen molar-refractivity contribution in [3.05, 3.63) is 57.4 Å². The Balaban J connectivity index is 2.04. The van der Waals surface area contributed by atoms with Gasteiger partial charge in [0.1, 0.15) is 12.4 Å². The Morgan fingerprint density at radius 2 is 2.05 bits per heavy atom. The molecule has 0 aliphatic carbocycles. The summed E-state index contributed by atoms with van der Waals surface area (Å²) in [4.78, 5) is 15.1. The molecule has 0 bridgehead atoms. The molecule has 0 fully saturated rings. The first-order chi connectivity index (χ1) is 10.7. The van der Waals surface area contributed by atoms with Crippen molar-refractivity contribution in [1.29, 1.82) is 0 Å². The zero-order chi connectivity index (χ0) is 15.5. The zero-order valence-electron chi connectivity index (χ0n) is 12.0. The second-order valence-electron chi connectivity index (χ2n) is 4.77. The number of nitrogens with one attached hydrogen (secondary N) is 1. The van der Waals surface area contributed by atoms with Gasteiger partial charge < -0.3 is 14.5 Å². The second-order valence-corrected chi connectivity index (χ2v) is 5.68. The van der Waals surface area contributed by atoms with E-state index in [1.54, 1.807) is 11.7 Å². The van der Waals surface area contributed by atoms with Crippen LogP contribution in [0.2, 0.25) is 0 Å². The summed E-state index contributed by atoms with van der Waals surface area (Å²) in [6, 6.07) is 13.1. The van der Waals surface area contributed by atoms with E-state index in [0.717, 1.165) is 21.2 Å². The summed E-state index contributed by atoms with van der Waals surface area (Å²) < 4.78 is 13.1. The van der Waals surface area contributed by atoms with Gasteiger partial charge in [-0.05, 0) is 30.3 Å². The van der Waals surface area contributed by atoms with Gasteiger partial charge in [-0.2, -0.15) is 0 Å². The Labute approximate surface area is 135 Å². The van der Waals surface area contributed by atoms with Gasteiger partial charge in [0.05, 0.1) is 23.3 Å². The number of halogens is 1. The molecule has 3 rings (SSSR count). The molecular weight excluding hydrogens is 348 g/mol. The lowest BCUT2D eigenvalue weighted by molar-refractivity contribution is 0.146. The predicted molar refractivity (Wildman–Crippen MR) is 89.0 cm³/mol. The first kappa shape index (κ1) is 14.9. The molecule has 6 heteroatoms. The van der Waals surface area contributed by atoms with Crippen LogP contribution >= 0.6 is 15.9 Å². The molecule has 0 atom stereocenters. The van der Waals surface area contributed by atoms with Crippen molar-refractivity contribution in [2.75, 3.05) is 20.3 Å². The predicted octanol–water partition coefficient (Wildman–Crippen LogP) is 3.11. The van der Waals surface area contributed by atoms with Crippen LogP contribution in [0.5, 0.6) is 5.75 Å². The van der Waals surface area contributed by atoms with Crippen LogP contribution in [0, 0.1) is 0 Å². The number of benzene rings is 2. The molecule has 3 aromatic rings. The van der Waals surface area contributed by atoms with E-state index >= 15 is 0 Å². The Hall–Kier alpha value is -2.05. The monoisotopic (exact) mass is 362 g/mol. The fourth-order valence-corrected chi connectivity index (χ4v) is 2.64. The van der Waals surface area contributed by atoms with Crippen LogP contribution < -0.4 is 10.4 Å². The van der Waals surface area contributed by atoms with E-state index in [1.165, 1.54) is 0 Å². The maximum Gasteiger partial charge on any atom is 0.331 e. The fraction of sp³-hybridized carbons (Fsp3) is 0.188. The third-order valence-electron chi connectivity index (χ3n) is 3.28. The molecule has 0 saturated heterocycles. The minimum atomic E-state index is -0.179. The Morgan fingerprint density at radius 3 is 2.86 bits per heavy atom. The highest BCUT2D eigenvalue weighted by atomic mass is 79.9. The summed E-state index contributed by atoms with van der Waals surface area (Å²) in [6.07, 6.45) is 0. The molecule has 0 saturated carbocycles. The average molecular weight is 363 g/mol. The smallest absolute Gasteiger partial charge is 0.331 e. The SMILES string of the molecule is COCCOc1cccc(-n2c(=O)[nH]c3ccc(Br)cc32)c1. The van der Waals surface area contributed by atoms with Gasteiger partial charge in [-0.1, -0.05) is 22.0 Å². The van der Waals surface area contributed by atoms with Crippen molar-refractivity contribution in [2.45, 2.75) is 0 Å². The summed E-state index contributed by atoms with van der Waals surface area (Å²) in [5, 5.41) is 0. The third kappa shape index (κ3) is 2.93. The number of aromatic amines is 1. The zero-order valence-corrected chi connectivity index (χ0v) is 13.6. The van der Waals surface area contributed by atoms with Crippen LogP contribution in [-0.4, -0.2) is 29.9 Å². The molecule has 22 heavy (non-hydrogen) atoms. The van der Waals surface area contributed by atoms with Crippen LogP contribution in [0.25, 0.3) is 16.7 Å². The Morgan fingerprint density at radius 1 is 1.18 bits per heavy atom. The molecule has 114 valence electrons. The first-order valence-corrected chi connectivity index (χ1v) is 7.61. The number of H-pyrrole nitrogens is 1. The summed E-state index contributed by atoms with van der Waals surface area (Å²) in [5.41, 5.74) is 2.18. The van der Waals surface area contributed by atoms with Crippen molar-refractivity contribution < 1.29 is 9.47 Å². The quantitative estimate of drug-likeness (QED) is 0.709.